The SMILES string of the molecule is CCN(CC)C(CNC(=O)c1ccc2c(c1)CNCCCCCCCN2C(=O)COc1ccccc1)c1ccc(C)cc1. The monoisotopic (exact) mass is 584 g/mol. The van der Waals surface area contributed by atoms with Gasteiger partial charge in [0.2, 0.25) is 0 Å². The molecule has 43 heavy (non-hydrogen) atoms. The number of benzene rings is 3. The maximum absolute atomic E-state index is 13.5. The first-order chi connectivity index (χ1) is 21.0. The highest BCUT2D eigenvalue weighted by Crippen LogP contribution is 2.25. The summed E-state index contributed by atoms with van der Waals surface area (Å²) in [6, 6.07) is 23.8. The van der Waals surface area contributed by atoms with Crippen LogP contribution in [-0.2, 0) is 11.3 Å². The Morgan fingerprint density at radius 2 is 1.65 bits per heavy atom. The van der Waals surface area contributed by atoms with E-state index in [1.807, 2.05) is 53.4 Å². The summed E-state index contributed by atoms with van der Waals surface area (Å²) in [5, 5.41) is 6.75. The molecule has 0 radical (unpaired) electrons. The van der Waals surface area contributed by atoms with Crippen LogP contribution in [0.25, 0.3) is 0 Å². The number of para-hydroxylation sites is 1. The molecule has 0 bridgehead atoms. The van der Waals surface area contributed by atoms with Gasteiger partial charge in [-0.05, 0) is 80.9 Å². The number of ether oxygens (including phenoxy) is 1. The summed E-state index contributed by atoms with van der Waals surface area (Å²) in [6.45, 7) is 10.8. The van der Waals surface area contributed by atoms with E-state index in [9.17, 15) is 9.59 Å². The van der Waals surface area contributed by atoms with Gasteiger partial charge in [0.1, 0.15) is 5.75 Å². The summed E-state index contributed by atoms with van der Waals surface area (Å²) in [5.41, 5.74) is 4.80. The minimum atomic E-state index is -0.108. The van der Waals surface area contributed by atoms with Crippen LogP contribution >= 0.6 is 0 Å². The number of aryl methyl sites for hydroxylation is 1. The molecule has 2 N–H and O–H groups in total. The molecule has 3 aromatic rings. The van der Waals surface area contributed by atoms with Gasteiger partial charge in [0.05, 0.1) is 6.04 Å². The molecule has 4 rings (SSSR count). The second kappa shape index (κ2) is 16.8. The Balaban J connectivity index is 1.54. The Morgan fingerprint density at radius 3 is 2.40 bits per heavy atom. The Kier molecular flexibility index (Phi) is 12.6. The van der Waals surface area contributed by atoms with Gasteiger partial charge in [-0.25, -0.2) is 0 Å². The number of likely N-dealkylation sites (N-methyl/N-ethyl adjacent to an activating group) is 1. The lowest BCUT2D eigenvalue weighted by atomic mass is 10.0. The molecule has 7 nitrogen and oxygen atoms in total. The average Bonchev–Trinajstić information content (AvgIpc) is 3.03. The molecule has 1 aliphatic heterocycles. The fourth-order valence-electron chi connectivity index (χ4n) is 5.73. The molecule has 0 spiro atoms. The molecule has 0 fully saturated rings. The number of amides is 2. The topological polar surface area (TPSA) is 73.9 Å². The first kappa shape index (κ1) is 32.2. The molecule has 1 atom stereocenters. The molecule has 2 amide bonds. The molecule has 230 valence electrons. The van der Waals surface area contributed by atoms with E-state index >= 15 is 0 Å². The molecule has 1 heterocycles. The van der Waals surface area contributed by atoms with Gasteiger partial charge in [-0.1, -0.05) is 81.1 Å². The third-order valence-corrected chi connectivity index (χ3v) is 8.26. The number of nitrogens with zero attached hydrogens (tertiary/aromatic N) is 2. The van der Waals surface area contributed by atoms with Gasteiger partial charge >= 0.3 is 0 Å². The molecule has 1 aliphatic rings. The van der Waals surface area contributed by atoms with Crippen LogP contribution in [0, 0.1) is 6.92 Å². The predicted octanol–water partition coefficient (Wildman–Crippen LogP) is 6.27. The van der Waals surface area contributed by atoms with Gasteiger partial charge in [0, 0.05) is 30.9 Å². The Labute approximate surface area is 257 Å². The minimum Gasteiger partial charge on any atom is -0.484 e. The van der Waals surface area contributed by atoms with E-state index < -0.39 is 0 Å². The first-order valence-electron chi connectivity index (χ1n) is 15.9. The van der Waals surface area contributed by atoms with E-state index in [1.165, 1.54) is 17.5 Å². The summed E-state index contributed by atoms with van der Waals surface area (Å²) in [5.74, 6) is 0.482. The lowest BCUT2D eigenvalue weighted by Crippen LogP contribution is -2.38. The molecule has 1 unspecified atom stereocenters. The summed E-state index contributed by atoms with van der Waals surface area (Å²) in [4.78, 5) is 31.3. The van der Waals surface area contributed by atoms with Gasteiger partial charge in [-0.3, -0.25) is 14.5 Å². The van der Waals surface area contributed by atoms with Gasteiger partial charge < -0.3 is 20.3 Å². The Bertz CT molecular complexity index is 1290. The highest BCUT2D eigenvalue weighted by Gasteiger charge is 2.23. The van der Waals surface area contributed by atoms with E-state index in [2.05, 4.69) is 60.6 Å². The minimum absolute atomic E-state index is 0.0368. The van der Waals surface area contributed by atoms with Crippen molar-refractivity contribution in [3.05, 3.63) is 95.1 Å². The van der Waals surface area contributed by atoms with Crippen molar-refractivity contribution in [3.8, 4) is 5.75 Å². The van der Waals surface area contributed by atoms with Gasteiger partial charge in [0.25, 0.3) is 11.8 Å². The quantitative estimate of drug-likeness (QED) is 0.294. The van der Waals surface area contributed by atoms with Crippen LogP contribution in [0.5, 0.6) is 5.75 Å². The molecule has 0 aliphatic carbocycles. The molecule has 0 saturated carbocycles. The number of nitrogens with one attached hydrogen (secondary N) is 2. The maximum Gasteiger partial charge on any atom is 0.264 e. The van der Waals surface area contributed by atoms with Crippen molar-refractivity contribution < 1.29 is 14.3 Å². The molecule has 0 aromatic heterocycles. The Hall–Kier alpha value is -3.68. The predicted molar refractivity (Wildman–Crippen MR) is 175 cm³/mol. The summed E-state index contributed by atoms with van der Waals surface area (Å²) in [6.07, 6.45) is 5.45. The zero-order valence-corrected chi connectivity index (χ0v) is 26.1. The zero-order valence-electron chi connectivity index (χ0n) is 26.1. The second-order valence-corrected chi connectivity index (χ2v) is 11.3. The average molecular weight is 585 g/mol. The lowest BCUT2D eigenvalue weighted by Gasteiger charge is -2.30. The Morgan fingerprint density at radius 1 is 0.930 bits per heavy atom. The van der Waals surface area contributed by atoms with Crippen LogP contribution in [0.2, 0.25) is 0 Å². The van der Waals surface area contributed by atoms with Crippen molar-refractivity contribution in [2.24, 2.45) is 0 Å². The smallest absolute Gasteiger partial charge is 0.264 e. The first-order valence-corrected chi connectivity index (χ1v) is 15.9. The van der Waals surface area contributed by atoms with Crippen LogP contribution < -0.4 is 20.3 Å². The third kappa shape index (κ3) is 9.40. The third-order valence-electron chi connectivity index (χ3n) is 8.26. The molecule has 7 heteroatoms. The largest absolute Gasteiger partial charge is 0.484 e. The van der Waals surface area contributed by atoms with Crippen molar-refractivity contribution in [1.29, 1.82) is 0 Å². The van der Waals surface area contributed by atoms with E-state index in [-0.39, 0.29) is 24.5 Å². The highest BCUT2D eigenvalue weighted by atomic mass is 16.5. The van der Waals surface area contributed by atoms with Crippen molar-refractivity contribution in [2.45, 2.75) is 65.5 Å². The second-order valence-electron chi connectivity index (χ2n) is 11.3. The van der Waals surface area contributed by atoms with Crippen molar-refractivity contribution >= 4 is 17.5 Å². The van der Waals surface area contributed by atoms with E-state index in [0.717, 1.165) is 56.6 Å². The van der Waals surface area contributed by atoms with Crippen LogP contribution in [0.1, 0.15) is 79.0 Å². The number of carbonyl (C=O) groups excluding carboxylic acids is 2. The maximum atomic E-state index is 13.5. The standard InChI is InChI=1S/C36H48N4O3/c1-4-39(5-2)34(29-18-16-28(3)17-19-29)26-38-36(42)30-20-21-33-31(24-30)25-37-22-12-7-6-8-13-23-40(33)35(41)27-43-32-14-10-9-11-15-32/h9-11,14-21,24,34,37H,4-8,12-13,22-23,25-27H2,1-3H3,(H,38,42). The van der Waals surface area contributed by atoms with E-state index in [4.69, 9.17) is 4.74 Å². The van der Waals surface area contributed by atoms with Gasteiger partial charge in [0.15, 0.2) is 6.61 Å². The number of rotatable bonds is 10. The van der Waals surface area contributed by atoms with Crippen LogP contribution in [0.4, 0.5) is 5.69 Å². The van der Waals surface area contributed by atoms with Crippen molar-refractivity contribution in [1.82, 2.24) is 15.5 Å². The van der Waals surface area contributed by atoms with Crippen LogP contribution in [-0.4, -0.2) is 56.0 Å². The normalized spacial score (nSPS) is 15.1. The fourth-order valence-corrected chi connectivity index (χ4v) is 5.73. The number of hydrogen-bond acceptors (Lipinski definition) is 5. The number of carbonyl (C=O) groups is 2. The van der Waals surface area contributed by atoms with Crippen molar-refractivity contribution in [3.63, 3.8) is 0 Å². The van der Waals surface area contributed by atoms with Gasteiger partial charge in [-0.15, -0.1) is 0 Å². The van der Waals surface area contributed by atoms with Gasteiger partial charge in [-0.2, -0.15) is 0 Å². The molecular formula is C36H48N4O3. The van der Waals surface area contributed by atoms with Crippen LogP contribution in [0.15, 0.2) is 72.8 Å². The molecule has 0 saturated heterocycles. The summed E-state index contributed by atoms with van der Waals surface area (Å²) < 4.78 is 5.83. The zero-order chi connectivity index (χ0) is 30.4. The fraction of sp³-hybridized carbons (Fsp3) is 0.444. The molecule has 3 aromatic carbocycles. The van der Waals surface area contributed by atoms with E-state index in [0.29, 0.717) is 30.9 Å². The lowest BCUT2D eigenvalue weighted by molar-refractivity contribution is -0.120. The summed E-state index contributed by atoms with van der Waals surface area (Å²) >= 11 is 0. The summed E-state index contributed by atoms with van der Waals surface area (Å²) in [7, 11) is 0. The number of fused-ring (bicyclic) bond motifs is 1. The number of anilines is 1. The number of hydrogen-bond donors (Lipinski definition) is 2. The van der Waals surface area contributed by atoms with Crippen molar-refractivity contribution in [2.75, 3.05) is 44.2 Å². The van der Waals surface area contributed by atoms with Crippen LogP contribution in [0.3, 0.4) is 0 Å². The molecular weight excluding hydrogens is 536 g/mol. The highest BCUT2D eigenvalue weighted by molar-refractivity contribution is 5.98. The van der Waals surface area contributed by atoms with E-state index in [1.54, 1.807) is 0 Å².